The maximum atomic E-state index is 2.57. The van der Waals surface area contributed by atoms with E-state index >= 15 is 0 Å². The van der Waals surface area contributed by atoms with Crippen LogP contribution in [-0.2, 0) is 0 Å². The van der Waals surface area contributed by atoms with Crippen LogP contribution in [-0.4, -0.2) is 99.1 Å². The second kappa shape index (κ2) is 57.0. The van der Waals surface area contributed by atoms with E-state index in [1.54, 1.807) is 11.1 Å². The van der Waals surface area contributed by atoms with E-state index in [0.29, 0.717) is 65.0 Å². The number of rotatable bonds is 11. The van der Waals surface area contributed by atoms with Gasteiger partial charge in [0.2, 0.25) is 0 Å². The van der Waals surface area contributed by atoms with Gasteiger partial charge in [0.1, 0.15) is 0 Å². The molecule has 0 aromatic heterocycles. The predicted molar refractivity (Wildman–Crippen MR) is 506 cm³/mol. The van der Waals surface area contributed by atoms with Crippen molar-refractivity contribution < 1.29 is 0 Å². The van der Waals surface area contributed by atoms with Gasteiger partial charge in [-0.1, -0.05) is 389 Å². The Hall–Kier alpha value is -1.20. The summed E-state index contributed by atoms with van der Waals surface area (Å²) in [5.41, 5.74) is 11.9. The molecule has 6 aliphatic rings. The van der Waals surface area contributed by atoms with E-state index in [9.17, 15) is 0 Å². The van der Waals surface area contributed by atoms with Crippen LogP contribution in [0.3, 0.4) is 0 Å². The number of likely N-dealkylation sites (tertiary alicyclic amines) is 2. The Bertz CT molecular complexity index is 2040. The molecule has 2 heterocycles. The maximum absolute atomic E-state index is 2.57. The van der Waals surface area contributed by atoms with Crippen molar-refractivity contribution in [2.45, 2.75) is 460 Å². The molecule has 4 saturated carbocycles. The van der Waals surface area contributed by atoms with E-state index in [1.165, 1.54) is 211 Å². The highest BCUT2D eigenvalue weighted by atomic mass is 15.2. The zero-order chi connectivity index (χ0) is 86.4. The summed E-state index contributed by atoms with van der Waals surface area (Å²) in [6.07, 6.45) is 40.5. The van der Waals surface area contributed by atoms with Crippen LogP contribution in [0.15, 0.2) is 46.6 Å². The van der Waals surface area contributed by atoms with Crippen LogP contribution >= 0.6 is 0 Å². The van der Waals surface area contributed by atoms with E-state index in [0.717, 1.165) is 30.2 Å². The number of allylic oxidation sites excluding steroid dienone is 8. The monoisotopic (exact) mass is 1520 g/mol. The molecule has 0 N–H and O–H groups in total. The summed E-state index contributed by atoms with van der Waals surface area (Å²) in [4.78, 5) is 9.75. The van der Waals surface area contributed by atoms with Gasteiger partial charge in [-0.2, -0.15) is 0 Å². The van der Waals surface area contributed by atoms with Gasteiger partial charge in [0, 0.05) is 26.2 Å². The summed E-state index contributed by atoms with van der Waals surface area (Å²) in [7, 11) is 4.20. The molecule has 2 aliphatic heterocycles. The Morgan fingerprint density at radius 3 is 0.787 bits per heavy atom. The second-order valence-corrected chi connectivity index (χ2v) is 50.0. The first-order valence-corrected chi connectivity index (χ1v) is 45.7. The molecule has 0 aromatic carbocycles. The lowest BCUT2D eigenvalue weighted by atomic mass is 9.74. The van der Waals surface area contributed by atoms with E-state index < -0.39 is 0 Å². The van der Waals surface area contributed by atoms with Crippen LogP contribution in [0.1, 0.15) is 460 Å². The molecule has 0 amide bonds. The smallest absolute Gasteiger partial charge is 0.00301 e. The van der Waals surface area contributed by atoms with Crippen LogP contribution in [0.25, 0.3) is 0 Å². The fraction of sp³-hybridized carbons (Fsp3) is 0.923. The minimum absolute atomic E-state index is 0.360. The van der Waals surface area contributed by atoms with Gasteiger partial charge in [-0.25, -0.2) is 0 Å². The van der Waals surface area contributed by atoms with Crippen molar-refractivity contribution in [3.05, 3.63) is 46.6 Å². The van der Waals surface area contributed by atoms with Crippen molar-refractivity contribution in [3.8, 4) is 0 Å². The van der Waals surface area contributed by atoms with Gasteiger partial charge >= 0.3 is 0 Å². The largest absolute Gasteiger partial charge is 0.309 e. The van der Waals surface area contributed by atoms with Gasteiger partial charge in [0.15, 0.2) is 0 Å². The molecule has 4 heteroatoms. The third-order valence-corrected chi connectivity index (χ3v) is 17.9. The normalized spacial score (nSPS) is 17.1. The minimum Gasteiger partial charge on any atom is -0.309 e. The first-order valence-electron chi connectivity index (χ1n) is 45.7. The molecule has 108 heavy (non-hydrogen) atoms. The molecule has 0 spiro atoms. The Morgan fingerprint density at radius 1 is 0.352 bits per heavy atom. The molecule has 652 valence electrons. The standard InChI is InChI=1S/C10H20.C10H18.C9H19N.C9H21N.C9H18.C9H16.C9H18.C8H17N.2C8H18.C8H16.C7H17N/c2*1-10(2,3)8-9-6-4-5-7-9;1-9(2,3)8-10-6-4-5-7-10;1-6-10(7-2)8-9(3,4)5;2*1-9(2,3)7-8-5-4-6-8;1-6-8(2)7-9(3,4)5;1-8(2,3)7-9-5-4-6-9;3*1-7(2)6-8(3,4)5;1-7(2,3)6-8(4)5/h9H,4-8H2,1-3H3;8H,4-7H2,1-3H3;4-8H2,1-3H3;6-8H2,1-5H3;8H,4-7H2,1-3H3;7H,4-6H2,1-3H3;7H,6H2,1-5H3;4-7H2,1-3H3;2*7H,6H2,1-5H3;6H,1-5H3;6H2,1-5H3/b;;;;;;8-7+;;;;;. The van der Waals surface area contributed by atoms with Crippen LogP contribution < -0.4 is 0 Å². The molecular formula is C104H216N4. The van der Waals surface area contributed by atoms with Crippen molar-refractivity contribution in [2.24, 2.45) is 88.7 Å². The first-order chi connectivity index (χ1) is 48.1. The van der Waals surface area contributed by atoms with Gasteiger partial charge < -0.3 is 19.6 Å². The fourth-order valence-corrected chi connectivity index (χ4v) is 15.4. The fourth-order valence-electron chi connectivity index (χ4n) is 15.4. The third kappa shape index (κ3) is 105. The Morgan fingerprint density at radius 2 is 0.657 bits per heavy atom. The predicted octanol–water partition coefficient (Wildman–Crippen LogP) is 33.9. The molecule has 4 aliphatic carbocycles. The van der Waals surface area contributed by atoms with E-state index in [2.05, 4.69) is 376 Å². The highest BCUT2D eigenvalue weighted by Crippen LogP contribution is 2.38. The topological polar surface area (TPSA) is 13.0 Å². The minimum atomic E-state index is 0.360. The van der Waals surface area contributed by atoms with Crippen LogP contribution in [0, 0.1) is 88.7 Å². The summed E-state index contributed by atoms with van der Waals surface area (Å²) < 4.78 is 0. The molecule has 2 saturated heterocycles. The van der Waals surface area contributed by atoms with E-state index in [1.807, 2.05) is 0 Å². The lowest BCUT2D eigenvalue weighted by Crippen LogP contribution is -2.42. The van der Waals surface area contributed by atoms with Gasteiger partial charge in [-0.15, -0.1) is 0 Å². The Balaban J connectivity index is -0.000000263. The van der Waals surface area contributed by atoms with Crippen molar-refractivity contribution in [1.82, 2.24) is 19.6 Å². The first kappa shape index (κ1) is 118. The van der Waals surface area contributed by atoms with Crippen LogP contribution in [0.4, 0.5) is 0 Å². The highest BCUT2D eigenvalue weighted by Gasteiger charge is 2.25. The average Bonchev–Trinajstić information content (AvgIpc) is 1.37. The third-order valence-electron chi connectivity index (χ3n) is 17.9. The molecular weight excluding hydrogens is 1310 g/mol. The SMILES string of the molecule is CC(C)(C)C=C1CCC1.CC(C)(C)C=C1CCCC1.CC(C)(C)CC1CCC1.CC(C)(C)CC1CCCC1.CC(C)(C)CN1CCC1.CC(C)(C)CN1CCCC1.CC(C)=CC(C)(C)C.CC(C)CC(C)(C)C.CC(C)CC(C)(C)C.CC/C(C)=C/C(C)(C)C.CCN(CC)CC(C)(C)C.CN(C)CC(C)(C)C. The van der Waals surface area contributed by atoms with E-state index in [4.69, 9.17) is 0 Å². The number of hydrogen-bond donors (Lipinski definition) is 0. The lowest BCUT2D eigenvalue weighted by molar-refractivity contribution is 0.125. The zero-order valence-electron chi connectivity index (χ0n) is 85.0. The molecule has 4 nitrogen and oxygen atoms in total. The molecule has 0 radical (unpaired) electrons. The summed E-state index contributed by atoms with van der Waals surface area (Å²) in [6.45, 7) is 117. The highest BCUT2D eigenvalue weighted by molar-refractivity contribution is 5.13. The van der Waals surface area contributed by atoms with E-state index in [-0.39, 0.29) is 0 Å². The number of nitrogens with zero attached hydrogens (tertiary/aromatic N) is 4. The molecule has 0 bridgehead atoms. The Labute approximate surface area is 690 Å². The molecule has 0 aromatic rings. The van der Waals surface area contributed by atoms with Crippen molar-refractivity contribution in [2.75, 3.05) is 79.5 Å². The maximum Gasteiger partial charge on any atom is 0.00301 e. The zero-order valence-corrected chi connectivity index (χ0v) is 85.0. The number of hydrogen-bond acceptors (Lipinski definition) is 4. The van der Waals surface area contributed by atoms with Crippen molar-refractivity contribution >= 4 is 0 Å². The lowest BCUT2D eigenvalue weighted by Gasteiger charge is -2.36. The summed E-state index contributed by atoms with van der Waals surface area (Å²) in [6, 6.07) is 0. The van der Waals surface area contributed by atoms with Crippen molar-refractivity contribution in [1.29, 1.82) is 0 Å². The van der Waals surface area contributed by atoms with Gasteiger partial charge in [-0.05, 0) is 259 Å². The molecule has 6 rings (SSSR count). The average molecular weight is 1520 g/mol. The molecule has 0 unspecified atom stereocenters. The summed E-state index contributed by atoms with van der Waals surface area (Å²) >= 11 is 0. The van der Waals surface area contributed by atoms with Gasteiger partial charge in [0.25, 0.3) is 0 Å². The van der Waals surface area contributed by atoms with Gasteiger partial charge in [-0.3, -0.25) is 0 Å². The quantitative estimate of drug-likeness (QED) is 0.191. The molecule has 6 fully saturated rings. The Kier molecular flexibility index (Phi) is 62.1. The molecule has 0 atom stereocenters. The van der Waals surface area contributed by atoms with Crippen molar-refractivity contribution in [3.63, 3.8) is 0 Å². The summed E-state index contributed by atoms with van der Waals surface area (Å²) in [5.74, 6) is 3.81. The summed E-state index contributed by atoms with van der Waals surface area (Å²) in [5, 5.41) is 0. The second-order valence-electron chi connectivity index (χ2n) is 50.0. The van der Waals surface area contributed by atoms with Crippen LogP contribution in [0.5, 0.6) is 0 Å². The van der Waals surface area contributed by atoms with Crippen LogP contribution in [0.2, 0.25) is 0 Å². The van der Waals surface area contributed by atoms with Gasteiger partial charge in [0.05, 0.1) is 0 Å².